The molecule has 1 aliphatic heterocycles. The van der Waals surface area contributed by atoms with E-state index in [-0.39, 0.29) is 5.41 Å². The zero-order chi connectivity index (χ0) is 11.7. The van der Waals surface area contributed by atoms with Crippen molar-refractivity contribution in [1.29, 1.82) is 0 Å². The first-order valence-electron chi connectivity index (χ1n) is 6.79. The van der Waals surface area contributed by atoms with Crippen LogP contribution in [0.4, 0.5) is 0 Å². The summed E-state index contributed by atoms with van der Waals surface area (Å²) in [6, 6.07) is 9.47. The highest BCUT2D eigenvalue weighted by atomic mass is 16.3. The molecule has 0 aromatic heterocycles. The summed E-state index contributed by atoms with van der Waals surface area (Å²) in [5, 5.41) is 13.0. The zero-order valence-electron chi connectivity index (χ0n) is 10.3. The largest absolute Gasteiger partial charge is 0.395 e. The zero-order valence-corrected chi connectivity index (χ0v) is 10.3. The van der Waals surface area contributed by atoms with E-state index in [4.69, 9.17) is 0 Å². The van der Waals surface area contributed by atoms with E-state index >= 15 is 0 Å². The average Bonchev–Trinajstić information content (AvgIpc) is 3.21. The molecule has 2 heteroatoms. The number of rotatable bonds is 3. The molecule has 1 atom stereocenters. The van der Waals surface area contributed by atoms with Crippen molar-refractivity contribution in [2.24, 2.45) is 0 Å². The minimum Gasteiger partial charge on any atom is -0.395 e. The molecule has 1 aliphatic carbocycles. The Morgan fingerprint density at radius 1 is 1.18 bits per heavy atom. The SMILES string of the molecule is OCC1(c2ccc(C3CCCCN3)cc2)CC1. The van der Waals surface area contributed by atoms with Gasteiger partial charge in [0.05, 0.1) is 6.61 Å². The van der Waals surface area contributed by atoms with Gasteiger partial charge < -0.3 is 10.4 Å². The Labute approximate surface area is 103 Å². The van der Waals surface area contributed by atoms with Crippen molar-refractivity contribution in [2.45, 2.75) is 43.6 Å². The second-order valence-corrected chi connectivity index (χ2v) is 5.56. The van der Waals surface area contributed by atoms with Gasteiger partial charge in [-0.3, -0.25) is 0 Å². The molecule has 1 unspecified atom stereocenters. The fourth-order valence-corrected chi connectivity index (χ4v) is 2.89. The van der Waals surface area contributed by atoms with Gasteiger partial charge in [0.2, 0.25) is 0 Å². The molecule has 2 nitrogen and oxygen atoms in total. The molecule has 3 rings (SSSR count). The van der Waals surface area contributed by atoms with Gasteiger partial charge in [0.15, 0.2) is 0 Å². The Balaban J connectivity index is 1.75. The lowest BCUT2D eigenvalue weighted by Gasteiger charge is -2.24. The first-order valence-corrected chi connectivity index (χ1v) is 6.79. The summed E-state index contributed by atoms with van der Waals surface area (Å²) in [6.45, 7) is 1.45. The number of piperidine rings is 1. The number of hydrogen-bond acceptors (Lipinski definition) is 2. The van der Waals surface area contributed by atoms with E-state index in [1.807, 2.05) is 0 Å². The summed E-state index contributed by atoms with van der Waals surface area (Å²) in [4.78, 5) is 0. The molecule has 0 radical (unpaired) electrons. The van der Waals surface area contributed by atoms with Crippen molar-refractivity contribution in [2.75, 3.05) is 13.2 Å². The lowest BCUT2D eigenvalue weighted by molar-refractivity contribution is 0.255. The van der Waals surface area contributed by atoms with Crippen molar-refractivity contribution < 1.29 is 5.11 Å². The monoisotopic (exact) mass is 231 g/mol. The molecule has 0 spiro atoms. The smallest absolute Gasteiger partial charge is 0.0527 e. The van der Waals surface area contributed by atoms with E-state index in [2.05, 4.69) is 29.6 Å². The van der Waals surface area contributed by atoms with E-state index in [9.17, 15) is 5.11 Å². The predicted molar refractivity (Wildman–Crippen MR) is 69.0 cm³/mol. The molecule has 2 fully saturated rings. The van der Waals surface area contributed by atoms with Crippen LogP contribution in [-0.4, -0.2) is 18.3 Å². The van der Waals surface area contributed by atoms with Crippen LogP contribution in [-0.2, 0) is 5.41 Å². The van der Waals surface area contributed by atoms with Crippen molar-refractivity contribution in [3.63, 3.8) is 0 Å². The third-order valence-corrected chi connectivity index (χ3v) is 4.39. The van der Waals surface area contributed by atoms with E-state index in [0.29, 0.717) is 12.6 Å². The minimum atomic E-state index is 0.110. The van der Waals surface area contributed by atoms with E-state index < -0.39 is 0 Å². The lowest BCUT2D eigenvalue weighted by Crippen LogP contribution is -2.26. The van der Waals surface area contributed by atoms with Gasteiger partial charge in [-0.05, 0) is 43.4 Å². The van der Waals surface area contributed by atoms with E-state index in [1.165, 1.54) is 30.4 Å². The van der Waals surface area contributed by atoms with Crippen molar-refractivity contribution in [3.8, 4) is 0 Å². The Hall–Kier alpha value is -0.860. The third-order valence-electron chi connectivity index (χ3n) is 4.39. The van der Waals surface area contributed by atoms with Crippen LogP contribution in [0.2, 0.25) is 0 Å². The number of benzene rings is 1. The standard InChI is InChI=1S/C15H21NO/c17-11-15(8-9-15)13-6-4-12(5-7-13)14-3-1-2-10-16-14/h4-7,14,16-17H,1-3,8-11H2. The molecule has 2 aliphatic rings. The van der Waals surface area contributed by atoms with Gasteiger partial charge >= 0.3 is 0 Å². The Morgan fingerprint density at radius 3 is 2.47 bits per heavy atom. The van der Waals surface area contributed by atoms with Gasteiger partial charge in [0, 0.05) is 11.5 Å². The minimum absolute atomic E-state index is 0.110. The summed E-state index contributed by atoms with van der Waals surface area (Å²) >= 11 is 0. The van der Waals surface area contributed by atoms with Gasteiger partial charge in [-0.25, -0.2) is 0 Å². The molecule has 0 bridgehead atoms. The van der Waals surface area contributed by atoms with Gasteiger partial charge in [-0.1, -0.05) is 30.7 Å². The van der Waals surface area contributed by atoms with Crippen molar-refractivity contribution in [1.82, 2.24) is 5.32 Å². The second-order valence-electron chi connectivity index (χ2n) is 5.56. The first kappa shape index (κ1) is 11.2. The molecule has 1 aromatic rings. The number of aliphatic hydroxyl groups is 1. The van der Waals surface area contributed by atoms with Crippen molar-refractivity contribution >= 4 is 0 Å². The van der Waals surface area contributed by atoms with E-state index in [0.717, 1.165) is 19.4 Å². The summed E-state index contributed by atoms with van der Waals surface area (Å²) in [7, 11) is 0. The van der Waals surface area contributed by atoms with Gasteiger partial charge in [-0.15, -0.1) is 0 Å². The fraction of sp³-hybridized carbons (Fsp3) is 0.600. The van der Waals surface area contributed by atoms with Crippen LogP contribution in [0, 0.1) is 0 Å². The highest BCUT2D eigenvalue weighted by Crippen LogP contribution is 2.47. The number of aliphatic hydroxyl groups excluding tert-OH is 1. The molecule has 1 saturated carbocycles. The maximum Gasteiger partial charge on any atom is 0.0527 e. The summed E-state index contributed by atoms with van der Waals surface area (Å²) < 4.78 is 0. The molecular formula is C15H21NO. The van der Waals surface area contributed by atoms with Crippen LogP contribution in [0.25, 0.3) is 0 Å². The average molecular weight is 231 g/mol. The normalized spacial score (nSPS) is 26.8. The quantitative estimate of drug-likeness (QED) is 0.838. The van der Waals surface area contributed by atoms with Crippen LogP contribution in [0.5, 0.6) is 0 Å². The topological polar surface area (TPSA) is 32.3 Å². The van der Waals surface area contributed by atoms with Crippen LogP contribution in [0.15, 0.2) is 24.3 Å². The molecule has 1 aromatic carbocycles. The molecule has 92 valence electrons. The molecule has 1 saturated heterocycles. The van der Waals surface area contributed by atoms with Crippen molar-refractivity contribution in [3.05, 3.63) is 35.4 Å². The second kappa shape index (κ2) is 4.43. The Kier molecular flexibility index (Phi) is 2.93. The van der Waals surface area contributed by atoms with Crippen LogP contribution < -0.4 is 5.32 Å². The number of hydrogen-bond donors (Lipinski definition) is 2. The molecule has 1 heterocycles. The van der Waals surface area contributed by atoms with E-state index in [1.54, 1.807) is 0 Å². The first-order chi connectivity index (χ1) is 8.34. The molecule has 0 amide bonds. The van der Waals surface area contributed by atoms with Crippen LogP contribution in [0.1, 0.15) is 49.3 Å². The van der Waals surface area contributed by atoms with Gasteiger partial charge in [0.25, 0.3) is 0 Å². The number of nitrogens with one attached hydrogen (secondary N) is 1. The Bertz CT molecular complexity index is 374. The summed E-state index contributed by atoms with van der Waals surface area (Å²) in [5.74, 6) is 0. The lowest BCUT2D eigenvalue weighted by atomic mass is 9.92. The highest BCUT2D eigenvalue weighted by molar-refractivity contribution is 5.34. The molecular weight excluding hydrogens is 210 g/mol. The van der Waals surface area contributed by atoms with Crippen LogP contribution in [0.3, 0.4) is 0 Å². The fourth-order valence-electron chi connectivity index (χ4n) is 2.89. The highest BCUT2D eigenvalue weighted by Gasteiger charge is 2.43. The molecule has 17 heavy (non-hydrogen) atoms. The van der Waals surface area contributed by atoms with Gasteiger partial charge in [-0.2, -0.15) is 0 Å². The van der Waals surface area contributed by atoms with Gasteiger partial charge in [0.1, 0.15) is 0 Å². The van der Waals surface area contributed by atoms with Crippen LogP contribution >= 0.6 is 0 Å². The maximum atomic E-state index is 9.42. The Morgan fingerprint density at radius 2 is 1.94 bits per heavy atom. The summed E-state index contributed by atoms with van der Waals surface area (Å²) in [5.41, 5.74) is 2.83. The third kappa shape index (κ3) is 2.12. The maximum absolute atomic E-state index is 9.42. The predicted octanol–water partition coefficient (Wildman–Crippen LogP) is 2.53. The molecule has 2 N–H and O–H groups in total. The summed E-state index contributed by atoms with van der Waals surface area (Å²) in [6.07, 6.45) is 6.18.